The first kappa shape index (κ1) is 10.7. The van der Waals surface area contributed by atoms with E-state index in [1.165, 1.54) is 0 Å². The number of hydrogen-bond donors (Lipinski definition) is 3. The average Bonchev–Trinajstić information content (AvgIpc) is 2.72. The molecule has 2 rings (SSSR count). The molecule has 1 heterocycles. The Balaban J connectivity index is 2.23. The molecule has 0 saturated heterocycles. The zero-order chi connectivity index (χ0) is 11.5. The summed E-state index contributed by atoms with van der Waals surface area (Å²) in [5.41, 5.74) is 1.45. The summed E-state index contributed by atoms with van der Waals surface area (Å²) in [6.45, 7) is 1.69. The molecule has 1 aromatic heterocycles. The molecule has 0 saturated carbocycles. The van der Waals surface area contributed by atoms with E-state index in [9.17, 15) is 4.79 Å². The van der Waals surface area contributed by atoms with Gasteiger partial charge in [-0.25, -0.2) is 0 Å². The fourth-order valence-electron chi connectivity index (χ4n) is 1.54. The Morgan fingerprint density at radius 2 is 2.25 bits per heavy atom. The third-order valence-corrected chi connectivity index (χ3v) is 2.43. The van der Waals surface area contributed by atoms with E-state index in [0.717, 1.165) is 10.9 Å². The van der Waals surface area contributed by atoms with E-state index in [0.29, 0.717) is 5.69 Å². The predicted octanol–water partition coefficient (Wildman–Crippen LogP) is 1.28. The van der Waals surface area contributed by atoms with Crippen LogP contribution in [0.25, 0.3) is 10.9 Å². The standard InChI is InChI=1S/C12H14N2O2/c1-8(7-15)13-12(16)11-6-9-4-2-3-5-10(9)14-11/h2-6,8,14-15H,7H2,1H3,(H,13,16)/t8-/m0/s1. The van der Waals surface area contributed by atoms with Crippen LogP contribution in [-0.4, -0.2) is 28.6 Å². The van der Waals surface area contributed by atoms with Gasteiger partial charge in [-0.3, -0.25) is 4.79 Å². The first-order chi connectivity index (χ1) is 7.70. The number of para-hydroxylation sites is 1. The minimum atomic E-state index is -0.237. The van der Waals surface area contributed by atoms with E-state index in [1.807, 2.05) is 24.3 Å². The molecular formula is C12H14N2O2. The minimum absolute atomic E-state index is 0.0635. The Kier molecular flexibility index (Phi) is 2.92. The van der Waals surface area contributed by atoms with Crippen molar-refractivity contribution in [3.63, 3.8) is 0 Å². The van der Waals surface area contributed by atoms with Gasteiger partial charge in [0.1, 0.15) is 5.69 Å². The second kappa shape index (κ2) is 4.37. The van der Waals surface area contributed by atoms with Gasteiger partial charge in [-0.05, 0) is 19.1 Å². The number of aliphatic hydroxyl groups excluding tert-OH is 1. The zero-order valence-electron chi connectivity index (χ0n) is 9.03. The van der Waals surface area contributed by atoms with Crippen LogP contribution >= 0.6 is 0 Å². The summed E-state index contributed by atoms with van der Waals surface area (Å²) >= 11 is 0. The summed E-state index contributed by atoms with van der Waals surface area (Å²) in [6.07, 6.45) is 0. The lowest BCUT2D eigenvalue weighted by Gasteiger charge is -2.08. The average molecular weight is 218 g/mol. The summed E-state index contributed by atoms with van der Waals surface area (Å²) in [7, 11) is 0. The lowest BCUT2D eigenvalue weighted by Crippen LogP contribution is -2.35. The Morgan fingerprint density at radius 3 is 2.94 bits per heavy atom. The molecule has 0 bridgehead atoms. The summed E-state index contributed by atoms with van der Waals surface area (Å²) in [5.74, 6) is -0.197. The molecular weight excluding hydrogens is 204 g/mol. The summed E-state index contributed by atoms with van der Waals surface area (Å²) in [5, 5.41) is 12.5. The van der Waals surface area contributed by atoms with Crippen molar-refractivity contribution in [1.82, 2.24) is 10.3 Å². The third-order valence-electron chi connectivity index (χ3n) is 2.43. The van der Waals surface area contributed by atoms with Crippen molar-refractivity contribution >= 4 is 16.8 Å². The van der Waals surface area contributed by atoms with E-state index >= 15 is 0 Å². The molecule has 0 radical (unpaired) electrons. The molecule has 4 heteroatoms. The highest BCUT2D eigenvalue weighted by atomic mass is 16.3. The van der Waals surface area contributed by atoms with Crippen LogP contribution in [0.1, 0.15) is 17.4 Å². The lowest BCUT2D eigenvalue weighted by molar-refractivity contribution is 0.0918. The van der Waals surface area contributed by atoms with Gasteiger partial charge in [0.2, 0.25) is 0 Å². The van der Waals surface area contributed by atoms with Crippen LogP contribution < -0.4 is 5.32 Å². The molecule has 0 aliphatic heterocycles. The monoisotopic (exact) mass is 218 g/mol. The van der Waals surface area contributed by atoms with Gasteiger partial charge in [0.25, 0.3) is 5.91 Å². The topological polar surface area (TPSA) is 65.1 Å². The van der Waals surface area contributed by atoms with Crippen LogP contribution in [0.5, 0.6) is 0 Å². The Hall–Kier alpha value is -1.81. The van der Waals surface area contributed by atoms with Crippen LogP contribution in [0.4, 0.5) is 0 Å². The summed E-state index contributed by atoms with van der Waals surface area (Å²) in [4.78, 5) is 14.8. The van der Waals surface area contributed by atoms with Crippen LogP contribution in [0.15, 0.2) is 30.3 Å². The van der Waals surface area contributed by atoms with Crippen molar-refractivity contribution in [3.05, 3.63) is 36.0 Å². The zero-order valence-corrected chi connectivity index (χ0v) is 9.03. The summed E-state index contributed by atoms with van der Waals surface area (Å²) < 4.78 is 0. The molecule has 0 spiro atoms. The van der Waals surface area contributed by atoms with E-state index in [2.05, 4.69) is 10.3 Å². The number of carbonyl (C=O) groups excluding carboxylic acids is 1. The molecule has 1 aromatic carbocycles. The molecule has 2 aromatic rings. The number of aromatic nitrogens is 1. The minimum Gasteiger partial charge on any atom is -0.394 e. The van der Waals surface area contributed by atoms with Crippen LogP contribution in [0, 0.1) is 0 Å². The van der Waals surface area contributed by atoms with Crippen molar-refractivity contribution in [2.45, 2.75) is 13.0 Å². The normalized spacial score (nSPS) is 12.6. The molecule has 3 N–H and O–H groups in total. The number of benzene rings is 1. The number of nitrogens with one attached hydrogen (secondary N) is 2. The van der Waals surface area contributed by atoms with Gasteiger partial charge in [-0.2, -0.15) is 0 Å². The van der Waals surface area contributed by atoms with E-state index in [-0.39, 0.29) is 18.6 Å². The van der Waals surface area contributed by atoms with Gasteiger partial charge < -0.3 is 15.4 Å². The highest BCUT2D eigenvalue weighted by Gasteiger charge is 2.11. The first-order valence-corrected chi connectivity index (χ1v) is 5.20. The van der Waals surface area contributed by atoms with Crippen LogP contribution in [0.3, 0.4) is 0 Å². The van der Waals surface area contributed by atoms with Crippen molar-refractivity contribution in [2.75, 3.05) is 6.61 Å². The quantitative estimate of drug-likeness (QED) is 0.726. The largest absolute Gasteiger partial charge is 0.394 e. The fraction of sp³-hybridized carbons (Fsp3) is 0.250. The molecule has 1 amide bonds. The van der Waals surface area contributed by atoms with Crippen molar-refractivity contribution < 1.29 is 9.90 Å². The third kappa shape index (κ3) is 2.06. The Morgan fingerprint density at radius 1 is 1.50 bits per heavy atom. The lowest BCUT2D eigenvalue weighted by atomic mass is 10.2. The summed E-state index contributed by atoms with van der Waals surface area (Å²) in [6, 6.07) is 9.26. The molecule has 0 aliphatic carbocycles. The number of H-pyrrole nitrogens is 1. The number of carbonyl (C=O) groups is 1. The number of aliphatic hydroxyl groups is 1. The Bertz CT molecular complexity index is 471. The van der Waals surface area contributed by atoms with E-state index in [1.54, 1.807) is 13.0 Å². The SMILES string of the molecule is C[C@@H](CO)NC(=O)c1cc2ccccc2[nH]1. The highest BCUT2D eigenvalue weighted by molar-refractivity contribution is 5.98. The van der Waals surface area contributed by atoms with Crippen LogP contribution in [-0.2, 0) is 0 Å². The first-order valence-electron chi connectivity index (χ1n) is 5.20. The smallest absolute Gasteiger partial charge is 0.268 e. The van der Waals surface area contributed by atoms with Gasteiger partial charge in [-0.1, -0.05) is 18.2 Å². The maximum absolute atomic E-state index is 11.7. The maximum Gasteiger partial charge on any atom is 0.268 e. The molecule has 0 unspecified atom stereocenters. The molecule has 16 heavy (non-hydrogen) atoms. The van der Waals surface area contributed by atoms with Crippen molar-refractivity contribution in [3.8, 4) is 0 Å². The highest BCUT2D eigenvalue weighted by Crippen LogP contribution is 2.14. The van der Waals surface area contributed by atoms with Gasteiger partial charge in [0, 0.05) is 16.9 Å². The van der Waals surface area contributed by atoms with Gasteiger partial charge >= 0.3 is 0 Å². The fourth-order valence-corrected chi connectivity index (χ4v) is 1.54. The van der Waals surface area contributed by atoms with Gasteiger partial charge in [-0.15, -0.1) is 0 Å². The van der Waals surface area contributed by atoms with Crippen molar-refractivity contribution in [1.29, 1.82) is 0 Å². The second-order valence-electron chi connectivity index (χ2n) is 3.83. The molecule has 0 aliphatic rings. The number of amides is 1. The molecule has 84 valence electrons. The number of hydrogen-bond acceptors (Lipinski definition) is 2. The Labute approximate surface area is 93.3 Å². The van der Waals surface area contributed by atoms with Crippen molar-refractivity contribution in [2.24, 2.45) is 0 Å². The van der Waals surface area contributed by atoms with Gasteiger partial charge in [0.15, 0.2) is 0 Å². The van der Waals surface area contributed by atoms with E-state index in [4.69, 9.17) is 5.11 Å². The molecule has 1 atom stereocenters. The molecule has 4 nitrogen and oxygen atoms in total. The molecule has 0 fully saturated rings. The van der Waals surface area contributed by atoms with Gasteiger partial charge in [0.05, 0.1) is 6.61 Å². The number of aromatic amines is 1. The van der Waals surface area contributed by atoms with Crippen LogP contribution in [0.2, 0.25) is 0 Å². The number of rotatable bonds is 3. The second-order valence-corrected chi connectivity index (χ2v) is 3.83. The predicted molar refractivity (Wildman–Crippen MR) is 62.3 cm³/mol. The maximum atomic E-state index is 11.7. The number of fused-ring (bicyclic) bond motifs is 1. The van der Waals surface area contributed by atoms with E-state index < -0.39 is 0 Å².